The van der Waals surface area contributed by atoms with Crippen molar-refractivity contribution in [2.24, 2.45) is 22.6 Å². The summed E-state index contributed by atoms with van der Waals surface area (Å²) < 4.78 is 6.78. The van der Waals surface area contributed by atoms with Gasteiger partial charge in [0.15, 0.2) is 11.5 Å². The van der Waals surface area contributed by atoms with E-state index in [9.17, 15) is 14.4 Å². The number of nitrogens with two attached hydrogens (primary N) is 1. The number of amides is 2. The maximum absolute atomic E-state index is 12.7. The highest BCUT2D eigenvalue weighted by molar-refractivity contribution is 7.07. The molecule has 1 heterocycles. The van der Waals surface area contributed by atoms with E-state index in [4.69, 9.17) is 22.1 Å². The van der Waals surface area contributed by atoms with Crippen molar-refractivity contribution in [3.63, 3.8) is 0 Å². The summed E-state index contributed by atoms with van der Waals surface area (Å²) in [5.41, 5.74) is 6.55. The van der Waals surface area contributed by atoms with Gasteiger partial charge in [0, 0.05) is 23.6 Å². The summed E-state index contributed by atoms with van der Waals surface area (Å²) in [6.07, 6.45) is 6.68. The Balaban J connectivity index is 1.64. The zero-order chi connectivity index (χ0) is 24.0. The summed E-state index contributed by atoms with van der Waals surface area (Å²) in [4.78, 5) is 41.4. The molecule has 1 fully saturated rings. The number of benzene rings is 1. The smallest absolute Gasteiger partial charge is 0.324 e. The van der Waals surface area contributed by atoms with Crippen molar-refractivity contribution >= 4 is 46.4 Å². The van der Waals surface area contributed by atoms with Gasteiger partial charge in [-0.05, 0) is 42.9 Å². The Morgan fingerprint density at radius 2 is 2.03 bits per heavy atom. The molecule has 1 atom stereocenters. The third-order valence-electron chi connectivity index (χ3n) is 5.63. The van der Waals surface area contributed by atoms with E-state index in [0.717, 1.165) is 12.8 Å². The Morgan fingerprint density at radius 3 is 2.70 bits per heavy atom. The zero-order valence-electron chi connectivity index (χ0n) is 18.8. The van der Waals surface area contributed by atoms with E-state index in [1.165, 1.54) is 30.2 Å². The number of aromatic nitrogens is 1. The fourth-order valence-corrected chi connectivity index (χ4v) is 4.51. The number of ether oxygens (including phenoxy) is 1. The minimum atomic E-state index is -0.717. The van der Waals surface area contributed by atoms with Crippen molar-refractivity contribution in [3.8, 4) is 0 Å². The Labute approximate surface area is 201 Å². The normalized spacial score (nSPS) is 15.6. The first-order valence-electron chi connectivity index (χ1n) is 11.0. The average molecular weight is 493 g/mol. The van der Waals surface area contributed by atoms with Gasteiger partial charge >= 0.3 is 5.97 Å². The van der Waals surface area contributed by atoms with Gasteiger partial charge in [0.05, 0.1) is 10.7 Å². The van der Waals surface area contributed by atoms with Gasteiger partial charge in [-0.25, -0.2) is 0 Å². The van der Waals surface area contributed by atoms with Crippen LogP contribution in [0.3, 0.4) is 0 Å². The van der Waals surface area contributed by atoms with Crippen LogP contribution in [-0.4, -0.2) is 28.4 Å². The highest BCUT2D eigenvalue weighted by atomic mass is 35.5. The van der Waals surface area contributed by atoms with E-state index in [1.54, 1.807) is 28.3 Å². The van der Waals surface area contributed by atoms with Gasteiger partial charge in [-0.3, -0.25) is 19.0 Å². The topological polar surface area (TPSA) is 116 Å². The van der Waals surface area contributed by atoms with Gasteiger partial charge in [-0.1, -0.05) is 38.3 Å². The lowest BCUT2D eigenvalue weighted by molar-refractivity contribution is -0.150. The van der Waals surface area contributed by atoms with Crippen LogP contribution < -0.4 is 15.9 Å². The van der Waals surface area contributed by atoms with Crippen LogP contribution in [0.5, 0.6) is 0 Å². The van der Waals surface area contributed by atoms with Crippen molar-refractivity contribution in [1.29, 1.82) is 0 Å². The molecule has 1 aromatic carbocycles. The Bertz CT molecular complexity index is 1070. The molecule has 33 heavy (non-hydrogen) atoms. The van der Waals surface area contributed by atoms with Crippen LogP contribution in [0.1, 0.15) is 56.3 Å². The number of hydrogen-bond donors (Lipinski definition) is 2. The highest BCUT2D eigenvalue weighted by Crippen LogP contribution is 2.29. The number of halogens is 1. The molecular formula is C23H29ClN4O4S. The quantitative estimate of drug-likeness (QED) is 0.541. The number of thiazole rings is 1. The molecule has 8 nitrogen and oxygen atoms in total. The Kier molecular flexibility index (Phi) is 8.82. The molecule has 2 amide bonds. The monoisotopic (exact) mass is 492 g/mol. The summed E-state index contributed by atoms with van der Waals surface area (Å²) in [6, 6.07) is 3.95. The number of hydrogen-bond acceptors (Lipinski definition) is 6. The first-order chi connectivity index (χ1) is 15.7. The van der Waals surface area contributed by atoms with Crippen LogP contribution in [0.15, 0.2) is 34.8 Å². The van der Waals surface area contributed by atoms with Crippen LogP contribution >= 0.6 is 22.9 Å². The van der Waals surface area contributed by atoms with E-state index < -0.39 is 17.9 Å². The van der Waals surface area contributed by atoms with Gasteiger partial charge < -0.3 is 15.8 Å². The summed E-state index contributed by atoms with van der Waals surface area (Å²) in [5.74, 6) is -0.698. The number of nitrogens with one attached hydrogen (secondary N) is 1. The molecule has 178 valence electrons. The molecule has 10 heteroatoms. The summed E-state index contributed by atoms with van der Waals surface area (Å²) >= 11 is 7.54. The maximum Gasteiger partial charge on any atom is 0.324 e. The molecule has 1 aromatic heterocycles. The number of nitrogens with zero attached hydrogens (tertiary/aromatic N) is 2. The largest absolute Gasteiger partial charge is 0.443 e. The lowest BCUT2D eigenvalue weighted by Crippen LogP contribution is -2.37. The molecule has 1 aliphatic rings. The molecular weight excluding hydrogens is 464 g/mol. The zero-order valence-corrected chi connectivity index (χ0v) is 20.3. The molecule has 2 aromatic rings. The molecule has 0 radical (unpaired) electrons. The summed E-state index contributed by atoms with van der Waals surface area (Å²) in [7, 11) is 0. The van der Waals surface area contributed by atoms with Gasteiger partial charge in [-0.2, -0.15) is 4.99 Å². The van der Waals surface area contributed by atoms with Crippen LogP contribution in [0.25, 0.3) is 0 Å². The van der Waals surface area contributed by atoms with Gasteiger partial charge in [-0.15, -0.1) is 11.3 Å². The lowest BCUT2D eigenvalue weighted by atomic mass is 10.0. The number of esters is 1. The second-order valence-corrected chi connectivity index (χ2v) is 9.81. The Hall–Kier alpha value is -2.49. The van der Waals surface area contributed by atoms with E-state index in [0.29, 0.717) is 22.8 Å². The third-order valence-corrected chi connectivity index (χ3v) is 6.74. The summed E-state index contributed by atoms with van der Waals surface area (Å²) in [5, 5.41) is 4.83. The second-order valence-electron chi connectivity index (χ2n) is 8.53. The van der Waals surface area contributed by atoms with Gasteiger partial charge in [0.1, 0.15) is 6.04 Å². The molecule has 3 N–H and O–H groups in total. The number of rotatable bonds is 8. The van der Waals surface area contributed by atoms with Crippen LogP contribution in [-0.2, 0) is 21.1 Å². The van der Waals surface area contributed by atoms with Crippen LogP contribution in [0.2, 0.25) is 5.02 Å². The fourth-order valence-electron chi connectivity index (χ4n) is 3.57. The van der Waals surface area contributed by atoms with Crippen LogP contribution in [0, 0.1) is 11.8 Å². The van der Waals surface area contributed by atoms with Crippen LogP contribution in [0.4, 0.5) is 5.69 Å². The Morgan fingerprint density at radius 1 is 1.30 bits per heavy atom. The highest BCUT2D eigenvalue weighted by Gasteiger charge is 2.20. The van der Waals surface area contributed by atoms with Gasteiger partial charge in [0.25, 0.3) is 5.91 Å². The first-order valence-corrected chi connectivity index (χ1v) is 12.2. The molecule has 0 aliphatic heterocycles. The van der Waals surface area contributed by atoms with E-state index in [-0.39, 0.29) is 29.1 Å². The SMILES string of the molecule is CC(C)[C@H](N)C(=O)OCn1ccsc1=NC(=O)c1ccc(NC(=O)CC2CCCC2)c(Cl)c1. The molecule has 0 bridgehead atoms. The van der Waals surface area contributed by atoms with Crippen molar-refractivity contribution in [1.82, 2.24) is 4.57 Å². The van der Waals surface area contributed by atoms with Crippen molar-refractivity contribution in [2.75, 3.05) is 5.32 Å². The maximum atomic E-state index is 12.7. The van der Waals surface area contributed by atoms with Crippen molar-refractivity contribution in [2.45, 2.75) is 58.7 Å². The minimum absolute atomic E-state index is 0.0454. The molecule has 3 rings (SSSR count). The average Bonchev–Trinajstić information content (AvgIpc) is 3.44. The van der Waals surface area contributed by atoms with E-state index in [1.807, 2.05) is 13.8 Å². The van der Waals surface area contributed by atoms with Crippen molar-refractivity contribution < 1.29 is 19.1 Å². The number of anilines is 1. The molecule has 0 spiro atoms. The van der Waals surface area contributed by atoms with E-state index in [2.05, 4.69) is 10.3 Å². The fraction of sp³-hybridized carbons (Fsp3) is 0.478. The van der Waals surface area contributed by atoms with Crippen molar-refractivity contribution in [3.05, 3.63) is 45.2 Å². The molecule has 1 saturated carbocycles. The molecule has 0 unspecified atom stereocenters. The molecule has 1 aliphatic carbocycles. The van der Waals surface area contributed by atoms with Gasteiger partial charge in [0.2, 0.25) is 5.91 Å². The predicted octanol–water partition coefficient (Wildman–Crippen LogP) is 3.95. The number of carbonyl (C=O) groups excluding carboxylic acids is 3. The predicted molar refractivity (Wildman–Crippen MR) is 128 cm³/mol. The second kappa shape index (κ2) is 11.6. The minimum Gasteiger partial charge on any atom is -0.443 e. The summed E-state index contributed by atoms with van der Waals surface area (Å²) in [6.45, 7) is 3.57. The first kappa shape index (κ1) is 25.1. The van der Waals surface area contributed by atoms with E-state index >= 15 is 0 Å². The third kappa shape index (κ3) is 6.99. The standard InChI is InChI=1S/C23H29ClN4O4S/c1-14(2)20(25)22(31)32-13-28-9-10-33-23(28)27-21(30)16-7-8-18(17(24)12-16)26-19(29)11-15-5-3-4-6-15/h7-10,12,14-15,20H,3-6,11,13,25H2,1-2H3,(H,26,29)/t20-/m0/s1. The number of carbonyl (C=O) groups is 3. The lowest BCUT2D eigenvalue weighted by Gasteiger charge is -2.14. The molecule has 0 saturated heterocycles.